The lowest BCUT2D eigenvalue weighted by molar-refractivity contribution is -0.132. The summed E-state index contributed by atoms with van der Waals surface area (Å²) >= 11 is 0. The van der Waals surface area contributed by atoms with Crippen LogP contribution in [0.1, 0.15) is 19.5 Å². The van der Waals surface area contributed by atoms with Gasteiger partial charge in [0.15, 0.2) is 0 Å². The predicted octanol–water partition coefficient (Wildman–Crippen LogP) is 0.513. The minimum Gasteiger partial charge on any atom is -0.339 e. The molecule has 1 aromatic heterocycles. The number of piperazine rings is 1. The zero-order valence-corrected chi connectivity index (χ0v) is 11.2. The average Bonchev–Trinajstić information content (AvgIpc) is 2.77. The zero-order valence-electron chi connectivity index (χ0n) is 11.2. The van der Waals surface area contributed by atoms with E-state index in [1.165, 1.54) is 0 Å². The Kier molecular flexibility index (Phi) is 4.36. The van der Waals surface area contributed by atoms with Gasteiger partial charge in [-0.05, 0) is 12.3 Å². The standard InChI is InChI=1S/C13H22N4O/c1-11(2)7-12-8-15-10-17(12)9-13(18)16-5-3-14-4-6-16/h8,10-11,14H,3-7,9H2,1-2H3. The third kappa shape index (κ3) is 3.32. The summed E-state index contributed by atoms with van der Waals surface area (Å²) in [6.07, 6.45) is 4.59. The topological polar surface area (TPSA) is 50.2 Å². The highest BCUT2D eigenvalue weighted by molar-refractivity contribution is 5.76. The van der Waals surface area contributed by atoms with Crippen molar-refractivity contribution in [3.8, 4) is 0 Å². The molecular formula is C13H22N4O. The molecule has 0 radical (unpaired) electrons. The van der Waals surface area contributed by atoms with Gasteiger partial charge in [0.1, 0.15) is 6.54 Å². The molecular weight excluding hydrogens is 228 g/mol. The van der Waals surface area contributed by atoms with Crippen LogP contribution < -0.4 is 5.32 Å². The fourth-order valence-corrected chi connectivity index (χ4v) is 2.24. The molecule has 18 heavy (non-hydrogen) atoms. The monoisotopic (exact) mass is 250 g/mol. The van der Waals surface area contributed by atoms with Crippen LogP contribution >= 0.6 is 0 Å². The van der Waals surface area contributed by atoms with Gasteiger partial charge in [-0.1, -0.05) is 13.8 Å². The predicted molar refractivity (Wildman–Crippen MR) is 70.2 cm³/mol. The molecule has 1 aromatic rings. The first-order valence-electron chi connectivity index (χ1n) is 6.64. The van der Waals surface area contributed by atoms with E-state index in [-0.39, 0.29) is 5.91 Å². The Bertz CT molecular complexity index is 393. The number of hydrogen-bond acceptors (Lipinski definition) is 3. The summed E-state index contributed by atoms with van der Waals surface area (Å²) in [5.74, 6) is 0.772. The number of hydrogen-bond donors (Lipinski definition) is 1. The molecule has 0 bridgehead atoms. The van der Waals surface area contributed by atoms with E-state index in [0.29, 0.717) is 12.5 Å². The fraction of sp³-hybridized carbons (Fsp3) is 0.692. The van der Waals surface area contributed by atoms with E-state index in [1.807, 2.05) is 15.7 Å². The maximum atomic E-state index is 12.2. The third-order valence-corrected chi connectivity index (χ3v) is 3.19. The molecule has 0 aromatic carbocycles. The molecule has 1 saturated heterocycles. The maximum absolute atomic E-state index is 12.2. The van der Waals surface area contributed by atoms with Crippen molar-refractivity contribution in [1.82, 2.24) is 19.8 Å². The summed E-state index contributed by atoms with van der Waals surface area (Å²) in [7, 11) is 0. The van der Waals surface area contributed by atoms with Crippen molar-refractivity contribution in [2.45, 2.75) is 26.8 Å². The molecule has 1 aliphatic rings. The quantitative estimate of drug-likeness (QED) is 0.847. The number of nitrogens with one attached hydrogen (secondary N) is 1. The van der Waals surface area contributed by atoms with Gasteiger partial charge < -0.3 is 14.8 Å². The van der Waals surface area contributed by atoms with E-state index in [0.717, 1.165) is 38.3 Å². The number of imidazole rings is 1. The molecule has 1 N–H and O–H groups in total. The average molecular weight is 250 g/mol. The Balaban J connectivity index is 1.95. The lowest BCUT2D eigenvalue weighted by Crippen LogP contribution is -2.47. The van der Waals surface area contributed by atoms with Crippen LogP contribution in [0.25, 0.3) is 0 Å². The molecule has 0 spiro atoms. The van der Waals surface area contributed by atoms with Crippen molar-refractivity contribution in [2.24, 2.45) is 5.92 Å². The summed E-state index contributed by atoms with van der Waals surface area (Å²) in [5.41, 5.74) is 1.15. The summed E-state index contributed by atoms with van der Waals surface area (Å²) < 4.78 is 1.98. The Morgan fingerprint density at radius 2 is 2.17 bits per heavy atom. The van der Waals surface area contributed by atoms with Crippen LogP contribution in [0.15, 0.2) is 12.5 Å². The van der Waals surface area contributed by atoms with Crippen molar-refractivity contribution in [3.63, 3.8) is 0 Å². The van der Waals surface area contributed by atoms with Gasteiger partial charge in [-0.3, -0.25) is 4.79 Å². The van der Waals surface area contributed by atoms with Crippen molar-refractivity contribution in [3.05, 3.63) is 18.2 Å². The van der Waals surface area contributed by atoms with Crippen molar-refractivity contribution < 1.29 is 4.79 Å². The van der Waals surface area contributed by atoms with Crippen LogP contribution in [0.3, 0.4) is 0 Å². The van der Waals surface area contributed by atoms with E-state index in [1.54, 1.807) is 6.33 Å². The minimum absolute atomic E-state index is 0.194. The maximum Gasteiger partial charge on any atom is 0.242 e. The molecule has 1 fully saturated rings. The SMILES string of the molecule is CC(C)Cc1cncn1CC(=O)N1CCNCC1. The van der Waals surface area contributed by atoms with E-state index >= 15 is 0 Å². The number of amides is 1. The number of nitrogens with zero attached hydrogens (tertiary/aromatic N) is 3. The Morgan fingerprint density at radius 3 is 2.83 bits per heavy atom. The van der Waals surface area contributed by atoms with Crippen LogP contribution in [0.5, 0.6) is 0 Å². The summed E-state index contributed by atoms with van der Waals surface area (Å²) in [5, 5.41) is 3.25. The summed E-state index contributed by atoms with van der Waals surface area (Å²) in [6.45, 7) is 8.19. The first kappa shape index (κ1) is 13.1. The fourth-order valence-electron chi connectivity index (χ4n) is 2.24. The van der Waals surface area contributed by atoms with Crippen molar-refractivity contribution >= 4 is 5.91 Å². The molecule has 0 aliphatic carbocycles. The molecule has 0 atom stereocenters. The number of rotatable bonds is 4. The van der Waals surface area contributed by atoms with E-state index < -0.39 is 0 Å². The van der Waals surface area contributed by atoms with Gasteiger partial charge in [-0.2, -0.15) is 0 Å². The molecule has 5 nitrogen and oxygen atoms in total. The molecule has 0 unspecified atom stereocenters. The van der Waals surface area contributed by atoms with Crippen LogP contribution in [0.2, 0.25) is 0 Å². The first-order chi connectivity index (χ1) is 8.66. The number of carbonyl (C=O) groups excluding carboxylic acids is 1. The lowest BCUT2D eigenvalue weighted by Gasteiger charge is -2.27. The third-order valence-electron chi connectivity index (χ3n) is 3.19. The van der Waals surface area contributed by atoms with E-state index in [4.69, 9.17) is 0 Å². The van der Waals surface area contributed by atoms with Gasteiger partial charge in [0.2, 0.25) is 5.91 Å². The van der Waals surface area contributed by atoms with Gasteiger partial charge in [0, 0.05) is 38.1 Å². The Labute approximate surface area is 108 Å². The molecule has 2 rings (SSSR count). The number of aromatic nitrogens is 2. The highest BCUT2D eigenvalue weighted by atomic mass is 16.2. The lowest BCUT2D eigenvalue weighted by atomic mass is 10.1. The van der Waals surface area contributed by atoms with Gasteiger partial charge in [-0.15, -0.1) is 0 Å². The molecule has 0 saturated carbocycles. The number of carbonyl (C=O) groups is 1. The largest absolute Gasteiger partial charge is 0.339 e. The zero-order chi connectivity index (χ0) is 13.0. The Morgan fingerprint density at radius 1 is 1.44 bits per heavy atom. The molecule has 1 amide bonds. The molecule has 100 valence electrons. The van der Waals surface area contributed by atoms with E-state index in [2.05, 4.69) is 24.1 Å². The van der Waals surface area contributed by atoms with Crippen molar-refractivity contribution in [2.75, 3.05) is 26.2 Å². The second-order valence-corrected chi connectivity index (χ2v) is 5.24. The van der Waals surface area contributed by atoms with Crippen LogP contribution in [-0.2, 0) is 17.8 Å². The smallest absolute Gasteiger partial charge is 0.242 e. The second kappa shape index (κ2) is 6.00. The first-order valence-corrected chi connectivity index (χ1v) is 6.64. The van der Waals surface area contributed by atoms with Gasteiger partial charge >= 0.3 is 0 Å². The van der Waals surface area contributed by atoms with Crippen molar-refractivity contribution in [1.29, 1.82) is 0 Å². The summed E-state index contributed by atoms with van der Waals surface area (Å²) in [4.78, 5) is 18.2. The van der Waals surface area contributed by atoms with E-state index in [9.17, 15) is 4.79 Å². The van der Waals surface area contributed by atoms with Gasteiger partial charge in [-0.25, -0.2) is 4.98 Å². The van der Waals surface area contributed by atoms with Crippen LogP contribution in [0.4, 0.5) is 0 Å². The normalized spacial score (nSPS) is 16.3. The summed E-state index contributed by atoms with van der Waals surface area (Å²) in [6, 6.07) is 0. The second-order valence-electron chi connectivity index (χ2n) is 5.24. The van der Waals surface area contributed by atoms with Crippen LogP contribution in [0, 0.1) is 5.92 Å². The van der Waals surface area contributed by atoms with Crippen LogP contribution in [-0.4, -0.2) is 46.5 Å². The molecule has 5 heteroatoms. The molecule has 1 aliphatic heterocycles. The Hall–Kier alpha value is -1.36. The minimum atomic E-state index is 0.194. The highest BCUT2D eigenvalue weighted by Gasteiger charge is 2.17. The highest BCUT2D eigenvalue weighted by Crippen LogP contribution is 2.08. The van der Waals surface area contributed by atoms with Gasteiger partial charge in [0.25, 0.3) is 0 Å². The molecule has 2 heterocycles. The van der Waals surface area contributed by atoms with Gasteiger partial charge in [0.05, 0.1) is 6.33 Å².